The normalized spacial score (nSPS) is 14.8. The van der Waals surface area contributed by atoms with E-state index >= 15 is 0 Å². The summed E-state index contributed by atoms with van der Waals surface area (Å²) < 4.78 is 1.45. The van der Waals surface area contributed by atoms with Crippen molar-refractivity contribution in [2.24, 2.45) is 0 Å². The van der Waals surface area contributed by atoms with Gasteiger partial charge in [0.25, 0.3) is 0 Å². The van der Waals surface area contributed by atoms with E-state index in [0.29, 0.717) is 0 Å². The molecule has 0 atom stereocenters. The number of rotatable bonds is 2. The number of halogens is 2. The molecule has 23 heavy (non-hydrogen) atoms. The van der Waals surface area contributed by atoms with Crippen molar-refractivity contribution in [2.75, 3.05) is 0 Å². The van der Waals surface area contributed by atoms with Crippen molar-refractivity contribution < 1.29 is 24.7 Å². The molecule has 0 amide bonds. The Morgan fingerprint density at radius 2 is 1.39 bits per heavy atom. The van der Waals surface area contributed by atoms with Gasteiger partial charge in [-0.1, -0.05) is 0 Å². The summed E-state index contributed by atoms with van der Waals surface area (Å²) in [5, 5.41) is 0. The van der Waals surface area contributed by atoms with Crippen molar-refractivity contribution >= 4 is 39.7 Å². The molecule has 3 heteroatoms. The molecule has 4 rings (SSSR count). The Hall–Kier alpha value is -0.877. The minimum atomic E-state index is 0. The first-order valence-corrected chi connectivity index (χ1v) is 8.54. The summed E-state index contributed by atoms with van der Waals surface area (Å²) in [6.07, 6.45) is 9.15. The predicted octanol–water partition coefficient (Wildman–Crippen LogP) is 5.06. The van der Waals surface area contributed by atoms with Gasteiger partial charge in [-0.2, -0.15) is 0 Å². The van der Waals surface area contributed by atoms with Gasteiger partial charge in [-0.05, 0) is 0 Å². The van der Waals surface area contributed by atoms with Gasteiger partial charge < -0.3 is 0 Å². The Kier molecular flexibility index (Phi) is 6.26. The van der Waals surface area contributed by atoms with E-state index in [0.717, 1.165) is 12.8 Å². The molecule has 0 aliphatic heterocycles. The number of benzene rings is 2. The predicted molar refractivity (Wildman–Crippen MR) is 99.4 cm³/mol. The standard InChI is InChI=1S/C20H15.2ClH.Zr/c1-2-6-15(7-3-1)18-10-11-19(12-18)20-13-16-8-4-5-9-17(16)14-20;;;/h1-6,8-11,13H,12,14H2;2*1H;. The van der Waals surface area contributed by atoms with E-state index in [-0.39, 0.29) is 24.8 Å². The average Bonchev–Trinajstić information content (AvgIpc) is 3.14. The molecule has 0 heterocycles. The monoisotopic (exact) mass is 417 g/mol. The molecule has 0 radical (unpaired) electrons. The fourth-order valence-electron chi connectivity index (χ4n) is 3.18. The zero-order valence-corrected chi connectivity index (χ0v) is 16.7. The van der Waals surface area contributed by atoms with Gasteiger partial charge in [0.2, 0.25) is 0 Å². The van der Waals surface area contributed by atoms with Crippen molar-refractivity contribution in [3.63, 3.8) is 0 Å². The van der Waals surface area contributed by atoms with Gasteiger partial charge in [-0.3, -0.25) is 0 Å². The summed E-state index contributed by atoms with van der Waals surface area (Å²) in [7, 11) is 0. The quantitative estimate of drug-likeness (QED) is 0.639. The molecule has 0 saturated heterocycles. The van der Waals surface area contributed by atoms with Crippen molar-refractivity contribution in [1.82, 2.24) is 0 Å². The van der Waals surface area contributed by atoms with Crippen LogP contribution in [0.5, 0.6) is 0 Å². The molecule has 2 aromatic carbocycles. The zero-order chi connectivity index (χ0) is 14.2. The van der Waals surface area contributed by atoms with Crippen LogP contribution in [0.2, 0.25) is 0 Å². The van der Waals surface area contributed by atoms with E-state index in [4.69, 9.17) is 0 Å². The second-order valence-electron chi connectivity index (χ2n) is 5.65. The molecule has 0 bridgehead atoms. The van der Waals surface area contributed by atoms with Crippen molar-refractivity contribution in [1.29, 1.82) is 0 Å². The molecule has 0 saturated carbocycles. The summed E-state index contributed by atoms with van der Waals surface area (Å²) in [4.78, 5) is 0. The van der Waals surface area contributed by atoms with Crippen LogP contribution in [-0.2, 0) is 31.1 Å². The Morgan fingerprint density at radius 3 is 2.17 bits per heavy atom. The average molecular weight is 419 g/mol. The number of allylic oxidation sites excluding steroid dienone is 5. The third-order valence-electron chi connectivity index (χ3n) is 4.32. The minimum absolute atomic E-state index is 0. The maximum absolute atomic E-state index is 2.36. The van der Waals surface area contributed by atoms with Gasteiger partial charge >= 0.3 is 141 Å². The van der Waals surface area contributed by atoms with Crippen molar-refractivity contribution in [3.8, 4) is 0 Å². The molecule has 0 nitrogen and oxygen atoms in total. The second-order valence-corrected chi connectivity index (χ2v) is 6.98. The maximum atomic E-state index is 2.36. The molecule has 0 aromatic heterocycles. The van der Waals surface area contributed by atoms with Crippen molar-refractivity contribution in [3.05, 3.63) is 88.5 Å². The molecule has 2 aliphatic carbocycles. The molecule has 2 aromatic rings. The summed E-state index contributed by atoms with van der Waals surface area (Å²) in [6, 6.07) is 17.5. The van der Waals surface area contributed by atoms with Crippen molar-refractivity contribution in [2.45, 2.75) is 12.8 Å². The van der Waals surface area contributed by atoms with Gasteiger partial charge in [0, 0.05) is 0 Å². The number of hydrogen-bond donors (Lipinski definition) is 0. The van der Waals surface area contributed by atoms with Crippen LogP contribution in [0.3, 0.4) is 0 Å². The molecule has 0 unspecified atom stereocenters. The third kappa shape index (κ3) is 3.63. The van der Waals surface area contributed by atoms with Crippen LogP contribution < -0.4 is 3.27 Å². The second kappa shape index (κ2) is 7.80. The number of fused-ring (bicyclic) bond motifs is 1. The third-order valence-corrected chi connectivity index (χ3v) is 5.39. The molecule has 115 valence electrons. The molecule has 0 N–H and O–H groups in total. The van der Waals surface area contributed by atoms with E-state index in [2.05, 4.69) is 66.8 Å². The summed E-state index contributed by atoms with van der Waals surface area (Å²) in [5.74, 6) is 0. The molecule has 0 spiro atoms. The molecule has 0 fully saturated rings. The van der Waals surface area contributed by atoms with E-state index < -0.39 is 0 Å². The van der Waals surface area contributed by atoms with Gasteiger partial charge in [0.1, 0.15) is 0 Å². The first-order chi connectivity index (χ1) is 10.3. The van der Waals surface area contributed by atoms with Crippen LogP contribution in [0.4, 0.5) is 0 Å². The van der Waals surface area contributed by atoms with E-state index in [1.165, 1.54) is 61.4 Å². The Labute approximate surface area is 165 Å². The van der Waals surface area contributed by atoms with Crippen LogP contribution in [-0.4, -0.2) is 0 Å². The summed E-state index contributed by atoms with van der Waals surface area (Å²) >= 11 is 1.49. The Morgan fingerprint density at radius 1 is 0.696 bits per heavy atom. The van der Waals surface area contributed by atoms with E-state index in [1.54, 1.807) is 0 Å². The van der Waals surface area contributed by atoms with Crippen LogP contribution in [0.1, 0.15) is 23.1 Å². The van der Waals surface area contributed by atoms with Crippen LogP contribution >= 0.6 is 24.8 Å². The summed E-state index contributed by atoms with van der Waals surface area (Å²) in [6.45, 7) is 0. The molecular formula is C20H17Cl2Zr. The topological polar surface area (TPSA) is 0 Å². The van der Waals surface area contributed by atoms with Gasteiger partial charge in [-0.25, -0.2) is 0 Å². The van der Waals surface area contributed by atoms with Crippen LogP contribution in [0.15, 0.2) is 71.8 Å². The van der Waals surface area contributed by atoms with Gasteiger partial charge in [-0.15, -0.1) is 24.8 Å². The fourth-order valence-corrected chi connectivity index (χ4v) is 4.02. The number of hydrogen-bond acceptors (Lipinski definition) is 0. The Balaban J connectivity index is 0.000000960. The fraction of sp³-hybridized carbons (Fsp3) is 0.100. The first kappa shape index (κ1) is 18.5. The van der Waals surface area contributed by atoms with Gasteiger partial charge in [0.15, 0.2) is 0 Å². The Bertz CT molecular complexity index is 816. The van der Waals surface area contributed by atoms with E-state index in [9.17, 15) is 0 Å². The van der Waals surface area contributed by atoms with Gasteiger partial charge in [0.05, 0.1) is 0 Å². The SMILES string of the molecule is Cl.Cl.[Zr][c]1ccccc1C1=CC=C(C2=Cc3ccccc3C2)C1. The summed E-state index contributed by atoms with van der Waals surface area (Å²) in [5.41, 5.74) is 8.72. The molecular weight excluding hydrogens is 402 g/mol. The van der Waals surface area contributed by atoms with Crippen LogP contribution in [0, 0.1) is 0 Å². The first-order valence-electron chi connectivity index (χ1n) is 7.31. The van der Waals surface area contributed by atoms with Crippen LogP contribution in [0.25, 0.3) is 11.6 Å². The zero-order valence-electron chi connectivity index (χ0n) is 12.6. The molecule has 2 aliphatic rings. The van der Waals surface area contributed by atoms with E-state index in [1.807, 2.05) is 0 Å².